The molecule has 2 saturated heterocycles. The maximum Gasteiger partial charge on any atom is 0.335 e. The van der Waals surface area contributed by atoms with E-state index in [4.69, 9.17) is 19.2 Å². The predicted molar refractivity (Wildman–Crippen MR) is 144 cm³/mol. The van der Waals surface area contributed by atoms with Crippen LogP contribution in [0.2, 0.25) is 0 Å². The monoisotopic (exact) mass is 571 g/mol. The highest BCUT2D eigenvalue weighted by Gasteiger charge is 2.31. The van der Waals surface area contributed by atoms with E-state index in [0.717, 1.165) is 42.0 Å². The molecule has 0 spiro atoms. The molecule has 2 aliphatic heterocycles. The Bertz CT molecular complexity index is 1530. The van der Waals surface area contributed by atoms with E-state index < -0.39 is 17.6 Å². The number of aromatic nitrogens is 4. The van der Waals surface area contributed by atoms with E-state index >= 15 is 0 Å². The molecule has 10 nitrogen and oxygen atoms in total. The summed E-state index contributed by atoms with van der Waals surface area (Å²) in [5, 5.41) is 9.42. The third-order valence-electron chi connectivity index (χ3n) is 6.76. The van der Waals surface area contributed by atoms with Crippen LogP contribution in [0.5, 0.6) is 11.6 Å². The SMILES string of the molecule is O=C(O)c1ccc2nc(CN3CC(Oc4ccnc(COc5ccc(F)cc5F)n4)C3)n(C[C@@H]3CCO3)c2c1.S. The average Bonchev–Trinajstić information content (AvgIpc) is 3.20. The molecule has 0 radical (unpaired) electrons. The summed E-state index contributed by atoms with van der Waals surface area (Å²) in [7, 11) is 0. The third-order valence-corrected chi connectivity index (χ3v) is 6.76. The number of fused-ring (bicyclic) bond motifs is 1. The first kappa shape index (κ1) is 27.7. The number of ether oxygens (including phenoxy) is 3. The Labute approximate surface area is 235 Å². The predicted octanol–water partition coefficient (Wildman–Crippen LogP) is 3.55. The molecule has 2 fully saturated rings. The van der Waals surface area contributed by atoms with E-state index in [0.29, 0.717) is 37.9 Å². The van der Waals surface area contributed by atoms with E-state index in [2.05, 4.69) is 19.4 Å². The van der Waals surface area contributed by atoms with Gasteiger partial charge >= 0.3 is 5.97 Å². The van der Waals surface area contributed by atoms with Gasteiger partial charge in [-0.2, -0.15) is 18.5 Å². The molecule has 2 aromatic carbocycles. The van der Waals surface area contributed by atoms with Crippen molar-refractivity contribution in [1.29, 1.82) is 0 Å². The molecule has 2 aromatic heterocycles. The smallest absolute Gasteiger partial charge is 0.335 e. The van der Waals surface area contributed by atoms with Crippen molar-refractivity contribution in [3.8, 4) is 11.6 Å². The number of aromatic carboxylic acids is 1. The van der Waals surface area contributed by atoms with Gasteiger partial charge in [-0.1, -0.05) is 0 Å². The van der Waals surface area contributed by atoms with Gasteiger partial charge in [-0.05, 0) is 36.8 Å². The number of imidazole rings is 1. The largest absolute Gasteiger partial charge is 0.483 e. The molecule has 0 saturated carbocycles. The Morgan fingerprint density at radius 3 is 2.67 bits per heavy atom. The zero-order chi connectivity index (χ0) is 26.9. The summed E-state index contributed by atoms with van der Waals surface area (Å²) >= 11 is 0. The Hall–Kier alpha value is -3.81. The topological polar surface area (TPSA) is 112 Å². The normalized spacial score (nSPS) is 17.1. The van der Waals surface area contributed by atoms with Gasteiger partial charge in [0.1, 0.15) is 24.4 Å². The second-order valence-corrected chi connectivity index (χ2v) is 9.54. The van der Waals surface area contributed by atoms with E-state index in [1.165, 1.54) is 12.3 Å². The van der Waals surface area contributed by atoms with Crippen LogP contribution in [-0.4, -0.2) is 67.4 Å². The number of carbonyl (C=O) groups is 1. The molecule has 40 heavy (non-hydrogen) atoms. The third kappa shape index (κ3) is 6.01. The molecular formula is C27H27F2N5O5S. The fraction of sp³-hybridized carbons (Fsp3) is 0.333. The molecule has 0 amide bonds. The van der Waals surface area contributed by atoms with Gasteiger partial charge in [0.15, 0.2) is 17.4 Å². The minimum Gasteiger partial charge on any atom is -0.483 e. The van der Waals surface area contributed by atoms with E-state index in [1.54, 1.807) is 24.3 Å². The average molecular weight is 572 g/mol. The molecule has 4 heterocycles. The second kappa shape index (κ2) is 11.7. The molecule has 0 bridgehead atoms. The van der Waals surface area contributed by atoms with Gasteiger partial charge in [-0.15, -0.1) is 0 Å². The van der Waals surface area contributed by atoms with Crippen molar-refractivity contribution in [2.75, 3.05) is 19.7 Å². The highest BCUT2D eigenvalue weighted by molar-refractivity contribution is 7.59. The maximum atomic E-state index is 13.8. The lowest BCUT2D eigenvalue weighted by Gasteiger charge is -2.38. The number of halogens is 2. The lowest BCUT2D eigenvalue weighted by molar-refractivity contribution is -0.0596. The number of rotatable bonds is 10. The maximum absolute atomic E-state index is 13.8. The minimum absolute atomic E-state index is 0. The summed E-state index contributed by atoms with van der Waals surface area (Å²) < 4.78 is 45.9. The Kier molecular flexibility index (Phi) is 8.14. The molecule has 2 aliphatic rings. The van der Waals surface area contributed by atoms with E-state index in [1.807, 2.05) is 0 Å². The summed E-state index contributed by atoms with van der Waals surface area (Å²) in [6.07, 6.45) is 2.50. The fourth-order valence-corrected chi connectivity index (χ4v) is 4.61. The summed E-state index contributed by atoms with van der Waals surface area (Å²) in [5.41, 5.74) is 1.75. The first-order valence-electron chi connectivity index (χ1n) is 12.5. The number of benzene rings is 2. The molecular weight excluding hydrogens is 544 g/mol. The fourth-order valence-electron chi connectivity index (χ4n) is 4.61. The van der Waals surface area contributed by atoms with Gasteiger partial charge in [0.2, 0.25) is 5.88 Å². The van der Waals surface area contributed by atoms with Crippen molar-refractivity contribution < 1.29 is 32.9 Å². The molecule has 6 rings (SSSR count). The van der Waals surface area contributed by atoms with Crippen molar-refractivity contribution in [2.45, 2.75) is 38.3 Å². The van der Waals surface area contributed by atoms with Crippen LogP contribution >= 0.6 is 13.5 Å². The summed E-state index contributed by atoms with van der Waals surface area (Å²) in [5.74, 6) is -1.02. The van der Waals surface area contributed by atoms with Crippen LogP contribution in [0, 0.1) is 11.6 Å². The number of carboxylic acids is 1. The zero-order valence-corrected chi connectivity index (χ0v) is 22.3. The first-order valence-corrected chi connectivity index (χ1v) is 12.5. The number of likely N-dealkylation sites (tertiary alicyclic amines) is 1. The number of hydrogen-bond donors (Lipinski definition) is 1. The molecule has 1 N–H and O–H groups in total. The summed E-state index contributed by atoms with van der Waals surface area (Å²) in [4.78, 5) is 26.9. The Balaban J connectivity index is 0.00000323. The van der Waals surface area contributed by atoms with Crippen LogP contribution in [0.4, 0.5) is 8.78 Å². The van der Waals surface area contributed by atoms with Crippen molar-refractivity contribution in [3.63, 3.8) is 0 Å². The zero-order valence-electron chi connectivity index (χ0n) is 21.3. The van der Waals surface area contributed by atoms with Crippen LogP contribution < -0.4 is 9.47 Å². The highest BCUT2D eigenvalue weighted by atomic mass is 32.1. The molecule has 4 aromatic rings. The lowest BCUT2D eigenvalue weighted by Crippen LogP contribution is -2.53. The Morgan fingerprint density at radius 2 is 1.95 bits per heavy atom. The summed E-state index contributed by atoms with van der Waals surface area (Å²) in [6, 6.07) is 9.69. The van der Waals surface area contributed by atoms with Crippen LogP contribution in [0.3, 0.4) is 0 Å². The van der Waals surface area contributed by atoms with Crippen molar-refractivity contribution in [2.24, 2.45) is 0 Å². The van der Waals surface area contributed by atoms with Crippen molar-refractivity contribution in [3.05, 3.63) is 77.5 Å². The first-order chi connectivity index (χ1) is 18.9. The quantitative estimate of drug-likeness (QED) is 0.306. The lowest BCUT2D eigenvalue weighted by atomic mass is 10.1. The number of carboxylic acid groups (broad SMARTS) is 1. The van der Waals surface area contributed by atoms with Gasteiger partial charge in [0.25, 0.3) is 0 Å². The Morgan fingerprint density at radius 1 is 1.12 bits per heavy atom. The van der Waals surface area contributed by atoms with Crippen LogP contribution in [0.15, 0.2) is 48.7 Å². The van der Waals surface area contributed by atoms with Gasteiger partial charge < -0.3 is 23.9 Å². The minimum atomic E-state index is -0.976. The van der Waals surface area contributed by atoms with Gasteiger partial charge in [-0.3, -0.25) is 4.90 Å². The van der Waals surface area contributed by atoms with Crippen molar-refractivity contribution >= 4 is 30.5 Å². The van der Waals surface area contributed by atoms with Gasteiger partial charge in [-0.25, -0.2) is 23.5 Å². The molecule has 13 heteroatoms. The van der Waals surface area contributed by atoms with Gasteiger partial charge in [0.05, 0.1) is 35.8 Å². The van der Waals surface area contributed by atoms with E-state index in [9.17, 15) is 18.7 Å². The molecule has 0 aliphatic carbocycles. The standard InChI is InChI=1S/C27H25F2N5O5.H2S/c28-17-2-4-23(20(29)10-17)38-15-24-30-7-5-26(32-24)39-19-11-33(12-19)14-25-31-21-3-1-16(27(35)36)9-22(21)34(25)13-18-6-8-37-18;/h1-5,7,9-10,18-19H,6,8,11-15H2,(H,35,36);1H2/t18-;/m0./s1. The summed E-state index contributed by atoms with van der Waals surface area (Å²) in [6.45, 7) is 3.14. The van der Waals surface area contributed by atoms with Crippen molar-refractivity contribution in [1.82, 2.24) is 24.4 Å². The van der Waals surface area contributed by atoms with E-state index in [-0.39, 0.29) is 43.6 Å². The second-order valence-electron chi connectivity index (χ2n) is 9.54. The molecule has 210 valence electrons. The molecule has 0 unspecified atom stereocenters. The van der Waals surface area contributed by atoms with Gasteiger partial charge in [0, 0.05) is 38.0 Å². The van der Waals surface area contributed by atoms with Crippen LogP contribution in [0.1, 0.15) is 28.4 Å². The highest BCUT2D eigenvalue weighted by Crippen LogP contribution is 2.25. The molecule has 1 atom stereocenters. The number of hydrogen-bond acceptors (Lipinski definition) is 8. The van der Waals surface area contributed by atoms with Crippen LogP contribution in [-0.2, 0) is 24.4 Å². The van der Waals surface area contributed by atoms with Crippen LogP contribution in [0.25, 0.3) is 11.0 Å². The number of nitrogens with zero attached hydrogens (tertiary/aromatic N) is 5.